The van der Waals surface area contributed by atoms with Crippen LogP contribution in [0, 0.1) is 24.0 Å². The van der Waals surface area contributed by atoms with Gasteiger partial charge in [-0.1, -0.05) is 11.6 Å². The summed E-state index contributed by atoms with van der Waals surface area (Å²) in [6.07, 6.45) is 3.12. The highest BCUT2D eigenvalue weighted by atomic mass is 35.5. The van der Waals surface area contributed by atoms with Gasteiger partial charge in [0.15, 0.2) is 5.78 Å². The number of ether oxygens (including phenoxy) is 1. The van der Waals surface area contributed by atoms with Crippen molar-refractivity contribution in [3.05, 3.63) is 61.9 Å². The molecule has 0 aliphatic carbocycles. The smallest absolute Gasteiger partial charge is 0.307 e. The summed E-state index contributed by atoms with van der Waals surface area (Å²) in [6, 6.07) is 3.90. The van der Waals surface area contributed by atoms with Crippen molar-refractivity contribution in [2.45, 2.75) is 26.8 Å². The Hall–Kier alpha value is -3.00. The Labute approximate surface area is 160 Å². The molecule has 0 amide bonds. The number of aromatic nitrogens is 2. The summed E-state index contributed by atoms with van der Waals surface area (Å²) in [5.41, 5.74) is 2.08. The van der Waals surface area contributed by atoms with Crippen molar-refractivity contribution in [3.63, 3.8) is 0 Å². The molecule has 9 heteroatoms. The number of hydrogen-bond donors (Lipinski definition) is 0. The van der Waals surface area contributed by atoms with E-state index in [2.05, 4.69) is 9.84 Å². The highest BCUT2D eigenvalue weighted by molar-refractivity contribution is 6.32. The number of ketones is 1. The van der Waals surface area contributed by atoms with Gasteiger partial charge in [0.25, 0.3) is 5.69 Å². The van der Waals surface area contributed by atoms with Crippen LogP contribution in [0.15, 0.2) is 24.3 Å². The van der Waals surface area contributed by atoms with Gasteiger partial charge < -0.3 is 4.74 Å². The fourth-order valence-electron chi connectivity index (χ4n) is 2.53. The predicted molar refractivity (Wildman–Crippen MR) is 99.8 cm³/mol. The Morgan fingerprint density at radius 2 is 2.07 bits per heavy atom. The SMILES string of the molecule is COC(=O)CCn1nc(C)c(/C=C/C(=O)c2ccc(Cl)c([N+](=O)[O-])c2)c1C. The number of esters is 1. The van der Waals surface area contributed by atoms with E-state index >= 15 is 0 Å². The topological polar surface area (TPSA) is 104 Å². The maximum absolute atomic E-state index is 12.3. The molecule has 0 saturated carbocycles. The van der Waals surface area contributed by atoms with Crippen LogP contribution in [0.25, 0.3) is 6.08 Å². The molecule has 1 aromatic heterocycles. The normalized spacial score (nSPS) is 11.0. The summed E-state index contributed by atoms with van der Waals surface area (Å²) in [5, 5.41) is 15.3. The average molecular weight is 392 g/mol. The minimum absolute atomic E-state index is 0.0286. The van der Waals surface area contributed by atoms with Crippen molar-refractivity contribution in [2.75, 3.05) is 7.11 Å². The highest BCUT2D eigenvalue weighted by Gasteiger charge is 2.16. The first-order valence-electron chi connectivity index (χ1n) is 8.01. The van der Waals surface area contributed by atoms with E-state index < -0.39 is 10.7 Å². The van der Waals surface area contributed by atoms with Crippen molar-refractivity contribution in [2.24, 2.45) is 0 Å². The number of hydrogen-bond acceptors (Lipinski definition) is 6. The molecule has 0 bridgehead atoms. The van der Waals surface area contributed by atoms with Gasteiger partial charge in [-0.15, -0.1) is 0 Å². The maximum atomic E-state index is 12.3. The first-order valence-corrected chi connectivity index (χ1v) is 8.39. The number of nitrogens with zero attached hydrogens (tertiary/aromatic N) is 3. The number of rotatable bonds is 7. The molecule has 0 aliphatic rings. The van der Waals surface area contributed by atoms with E-state index in [1.807, 2.05) is 6.92 Å². The molecular weight excluding hydrogens is 374 g/mol. The van der Waals surface area contributed by atoms with Crippen LogP contribution in [-0.4, -0.2) is 33.6 Å². The molecule has 0 atom stereocenters. The lowest BCUT2D eigenvalue weighted by Gasteiger charge is -2.03. The number of nitro groups is 1. The molecule has 0 N–H and O–H groups in total. The molecule has 0 fully saturated rings. The van der Waals surface area contributed by atoms with E-state index in [9.17, 15) is 19.7 Å². The summed E-state index contributed by atoms with van der Waals surface area (Å²) in [7, 11) is 1.32. The summed E-state index contributed by atoms with van der Waals surface area (Å²) in [4.78, 5) is 33.9. The zero-order valence-electron chi connectivity index (χ0n) is 15.1. The van der Waals surface area contributed by atoms with Crippen molar-refractivity contribution in [1.82, 2.24) is 9.78 Å². The first kappa shape index (κ1) is 20.3. The second-order valence-corrected chi connectivity index (χ2v) is 6.16. The van der Waals surface area contributed by atoms with Crippen LogP contribution in [0.2, 0.25) is 5.02 Å². The monoisotopic (exact) mass is 391 g/mol. The van der Waals surface area contributed by atoms with E-state index in [0.717, 1.165) is 17.3 Å². The van der Waals surface area contributed by atoms with Crippen LogP contribution in [0.3, 0.4) is 0 Å². The first-order chi connectivity index (χ1) is 12.7. The summed E-state index contributed by atoms with van der Waals surface area (Å²) in [5.74, 6) is -0.727. The number of halogens is 1. The molecule has 2 aromatic rings. The molecule has 1 aromatic carbocycles. The number of allylic oxidation sites excluding steroid dienone is 1. The predicted octanol–water partition coefficient (Wildman–Crippen LogP) is 3.52. The van der Waals surface area contributed by atoms with Gasteiger partial charge in [-0.05, 0) is 38.1 Å². The minimum atomic E-state index is -0.636. The third-order valence-electron chi connectivity index (χ3n) is 4.02. The number of benzene rings is 1. The molecule has 0 spiro atoms. The van der Waals surface area contributed by atoms with Gasteiger partial charge in [0, 0.05) is 22.9 Å². The molecule has 8 nitrogen and oxygen atoms in total. The van der Waals surface area contributed by atoms with Crippen LogP contribution in [0.4, 0.5) is 5.69 Å². The quantitative estimate of drug-likeness (QED) is 0.235. The van der Waals surface area contributed by atoms with Gasteiger partial charge in [0.2, 0.25) is 0 Å². The van der Waals surface area contributed by atoms with E-state index in [0.29, 0.717) is 12.2 Å². The summed E-state index contributed by atoms with van der Waals surface area (Å²) < 4.78 is 6.29. The van der Waals surface area contributed by atoms with Gasteiger partial charge in [-0.25, -0.2) is 0 Å². The lowest BCUT2D eigenvalue weighted by Crippen LogP contribution is -2.09. The fourth-order valence-corrected chi connectivity index (χ4v) is 2.72. The summed E-state index contributed by atoms with van der Waals surface area (Å²) in [6.45, 7) is 3.98. The zero-order valence-corrected chi connectivity index (χ0v) is 15.8. The van der Waals surface area contributed by atoms with Crippen LogP contribution in [-0.2, 0) is 16.1 Å². The molecule has 1 heterocycles. The highest BCUT2D eigenvalue weighted by Crippen LogP contribution is 2.25. The van der Waals surface area contributed by atoms with Crippen molar-refractivity contribution in [1.29, 1.82) is 0 Å². The molecule has 142 valence electrons. The lowest BCUT2D eigenvalue weighted by molar-refractivity contribution is -0.384. The van der Waals surface area contributed by atoms with Gasteiger partial charge in [-0.3, -0.25) is 24.4 Å². The second kappa shape index (κ2) is 8.59. The number of carbonyl (C=O) groups is 2. The van der Waals surface area contributed by atoms with E-state index in [1.54, 1.807) is 17.7 Å². The molecular formula is C18H18ClN3O5. The number of nitro benzene ring substituents is 1. The van der Waals surface area contributed by atoms with Gasteiger partial charge in [0.1, 0.15) is 5.02 Å². The Balaban J connectivity index is 2.21. The number of carbonyl (C=O) groups excluding carboxylic acids is 2. The zero-order chi connectivity index (χ0) is 20.1. The standard InChI is InChI=1S/C18H18ClN3O5/c1-11-14(12(2)21(20-11)9-8-18(24)27-3)5-7-17(23)13-4-6-15(19)16(10-13)22(25)26/h4-7,10H,8-9H2,1-3H3/b7-5+. The average Bonchev–Trinajstić information content (AvgIpc) is 2.91. The van der Waals surface area contributed by atoms with Gasteiger partial charge in [-0.2, -0.15) is 5.10 Å². The second-order valence-electron chi connectivity index (χ2n) is 5.75. The van der Waals surface area contributed by atoms with Crippen molar-refractivity contribution < 1.29 is 19.2 Å². The Bertz CT molecular complexity index is 933. The van der Waals surface area contributed by atoms with Gasteiger partial charge >= 0.3 is 5.97 Å². The third-order valence-corrected chi connectivity index (χ3v) is 4.34. The van der Waals surface area contributed by atoms with Crippen LogP contribution < -0.4 is 0 Å². The van der Waals surface area contributed by atoms with Crippen molar-refractivity contribution >= 4 is 35.1 Å². The fraction of sp³-hybridized carbons (Fsp3) is 0.278. The molecule has 27 heavy (non-hydrogen) atoms. The molecule has 2 rings (SSSR count). The van der Waals surface area contributed by atoms with E-state index in [1.165, 1.54) is 25.3 Å². The van der Waals surface area contributed by atoms with Gasteiger partial charge in [0.05, 0.1) is 30.7 Å². The largest absolute Gasteiger partial charge is 0.469 e. The lowest BCUT2D eigenvalue weighted by atomic mass is 10.1. The molecule has 0 unspecified atom stereocenters. The molecule has 0 saturated heterocycles. The number of methoxy groups -OCH3 is 1. The Morgan fingerprint density at radius 3 is 2.70 bits per heavy atom. The van der Waals surface area contributed by atoms with E-state index in [4.69, 9.17) is 11.6 Å². The minimum Gasteiger partial charge on any atom is -0.469 e. The molecule has 0 radical (unpaired) electrons. The van der Waals surface area contributed by atoms with Crippen molar-refractivity contribution in [3.8, 4) is 0 Å². The van der Waals surface area contributed by atoms with E-state index in [-0.39, 0.29) is 28.7 Å². The third kappa shape index (κ3) is 4.79. The number of aryl methyl sites for hydroxylation is 2. The summed E-state index contributed by atoms with van der Waals surface area (Å²) >= 11 is 5.76. The Morgan fingerprint density at radius 1 is 1.37 bits per heavy atom. The van der Waals surface area contributed by atoms with Crippen LogP contribution in [0.5, 0.6) is 0 Å². The molecule has 0 aliphatic heterocycles. The Kier molecular flexibility index (Phi) is 6.46. The van der Waals surface area contributed by atoms with Crippen LogP contribution >= 0.6 is 11.6 Å². The van der Waals surface area contributed by atoms with Crippen LogP contribution in [0.1, 0.15) is 33.7 Å². The maximum Gasteiger partial charge on any atom is 0.307 e.